The second-order valence-electron chi connectivity index (χ2n) is 6.46. The second-order valence-corrected chi connectivity index (χ2v) is 7.40. The van der Waals surface area contributed by atoms with E-state index in [2.05, 4.69) is 15.5 Å². The molecule has 0 fully saturated rings. The Morgan fingerprint density at radius 3 is 2.71 bits per heavy atom. The fourth-order valence-corrected chi connectivity index (χ4v) is 3.59. The number of carbonyl (C=O) groups excluding carboxylic acids is 1. The summed E-state index contributed by atoms with van der Waals surface area (Å²) in [6, 6.07) is 15.9. The maximum absolute atomic E-state index is 12.2. The SMILES string of the molecule is Cc1cccc(OCCNC(=O)CSc2nnc(C)n2-c2ccccc2C)c1. The van der Waals surface area contributed by atoms with Crippen molar-refractivity contribution in [1.29, 1.82) is 0 Å². The van der Waals surface area contributed by atoms with Crippen LogP contribution in [0, 0.1) is 20.8 Å². The fraction of sp³-hybridized carbons (Fsp3) is 0.286. The molecule has 0 bridgehead atoms. The molecular formula is C21H24N4O2S. The molecule has 0 aliphatic heterocycles. The molecule has 0 atom stereocenters. The van der Waals surface area contributed by atoms with Gasteiger partial charge in [-0.2, -0.15) is 0 Å². The van der Waals surface area contributed by atoms with Crippen LogP contribution in [-0.2, 0) is 4.79 Å². The summed E-state index contributed by atoms with van der Waals surface area (Å²) >= 11 is 1.37. The van der Waals surface area contributed by atoms with Crippen LogP contribution in [0.3, 0.4) is 0 Å². The maximum Gasteiger partial charge on any atom is 0.230 e. The van der Waals surface area contributed by atoms with E-state index in [0.29, 0.717) is 18.3 Å². The molecule has 3 rings (SSSR count). The van der Waals surface area contributed by atoms with Gasteiger partial charge >= 0.3 is 0 Å². The van der Waals surface area contributed by atoms with E-state index in [1.54, 1.807) is 0 Å². The topological polar surface area (TPSA) is 69.0 Å². The lowest BCUT2D eigenvalue weighted by molar-refractivity contribution is -0.118. The highest BCUT2D eigenvalue weighted by Crippen LogP contribution is 2.23. The van der Waals surface area contributed by atoms with Crippen LogP contribution < -0.4 is 10.1 Å². The maximum atomic E-state index is 12.2. The zero-order valence-corrected chi connectivity index (χ0v) is 17.1. The van der Waals surface area contributed by atoms with Crippen LogP contribution in [-0.4, -0.2) is 39.6 Å². The molecule has 0 spiro atoms. The number of benzene rings is 2. The average molecular weight is 397 g/mol. The summed E-state index contributed by atoms with van der Waals surface area (Å²) < 4.78 is 7.63. The monoisotopic (exact) mass is 396 g/mol. The molecule has 1 amide bonds. The summed E-state index contributed by atoms with van der Waals surface area (Å²) in [5, 5.41) is 12.0. The van der Waals surface area contributed by atoms with E-state index in [1.807, 2.05) is 73.9 Å². The Morgan fingerprint density at radius 2 is 1.93 bits per heavy atom. The van der Waals surface area contributed by atoms with E-state index < -0.39 is 0 Å². The van der Waals surface area contributed by atoms with Crippen molar-refractivity contribution in [1.82, 2.24) is 20.1 Å². The Kier molecular flexibility index (Phi) is 6.71. The van der Waals surface area contributed by atoms with E-state index in [4.69, 9.17) is 4.74 Å². The predicted molar refractivity (Wildman–Crippen MR) is 111 cm³/mol. The number of para-hydroxylation sites is 1. The lowest BCUT2D eigenvalue weighted by atomic mass is 10.2. The highest BCUT2D eigenvalue weighted by Gasteiger charge is 2.14. The number of hydrogen-bond acceptors (Lipinski definition) is 5. The molecule has 1 aromatic heterocycles. The van der Waals surface area contributed by atoms with Crippen molar-refractivity contribution in [3.63, 3.8) is 0 Å². The Bertz CT molecular complexity index is 955. The van der Waals surface area contributed by atoms with Gasteiger partial charge in [0, 0.05) is 0 Å². The molecule has 1 N–H and O–H groups in total. The van der Waals surface area contributed by atoms with Crippen molar-refractivity contribution in [2.75, 3.05) is 18.9 Å². The predicted octanol–water partition coefficient (Wildman–Crippen LogP) is 3.48. The molecule has 0 aliphatic rings. The zero-order chi connectivity index (χ0) is 19.9. The molecule has 146 valence electrons. The fourth-order valence-electron chi connectivity index (χ4n) is 2.77. The number of carbonyl (C=O) groups is 1. The van der Waals surface area contributed by atoms with E-state index >= 15 is 0 Å². The van der Waals surface area contributed by atoms with Gasteiger partial charge in [0.05, 0.1) is 18.0 Å². The molecule has 0 saturated heterocycles. The number of nitrogens with one attached hydrogen (secondary N) is 1. The Morgan fingerprint density at radius 1 is 1.11 bits per heavy atom. The van der Waals surface area contributed by atoms with Gasteiger partial charge in [-0.3, -0.25) is 9.36 Å². The molecule has 0 radical (unpaired) electrons. The highest BCUT2D eigenvalue weighted by atomic mass is 32.2. The molecule has 2 aromatic carbocycles. The summed E-state index contributed by atoms with van der Waals surface area (Å²) in [4.78, 5) is 12.2. The third-order valence-corrected chi connectivity index (χ3v) is 5.10. The molecule has 0 saturated carbocycles. The van der Waals surface area contributed by atoms with Crippen LogP contribution in [0.25, 0.3) is 5.69 Å². The lowest BCUT2D eigenvalue weighted by Gasteiger charge is -2.11. The first-order valence-corrected chi connectivity index (χ1v) is 10.1. The van der Waals surface area contributed by atoms with Crippen LogP contribution in [0.2, 0.25) is 0 Å². The van der Waals surface area contributed by atoms with Gasteiger partial charge < -0.3 is 10.1 Å². The van der Waals surface area contributed by atoms with Gasteiger partial charge in [0.25, 0.3) is 0 Å². The third kappa shape index (κ3) is 5.13. The van der Waals surface area contributed by atoms with E-state index in [0.717, 1.165) is 28.4 Å². The lowest BCUT2D eigenvalue weighted by Crippen LogP contribution is -2.29. The normalized spacial score (nSPS) is 10.7. The van der Waals surface area contributed by atoms with Crippen molar-refractivity contribution >= 4 is 17.7 Å². The van der Waals surface area contributed by atoms with Crippen LogP contribution in [0.1, 0.15) is 17.0 Å². The molecular weight excluding hydrogens is 372 g/mol. The molecule has 0 unspecified atom stereocenters. The van der Waals surface area contributed by atoms with E-state index in [-0.39, 0.29) is 11.7 Å². The van der Waals surface area contributed by atoms with Crippen molar-refractivity contribution in [3.05, 3.63) is 65.5 Å². The van der Waals surface area contributed by atoms with Crippen molar-refractivity contribution in [3.8, 4) is 11.4 Å². The molecule has 28 heavy (non-hydrogen) atoms. The Hall–Kier alpha value is -2.80. The van der Waals surface area contributed by atoms with Crippen molar-refractivity contribution < 1.29 is 9.53 Å². The first kappa shape index (κ1) is 19.9. The number of ether oxygens (including phenoxy) is 1. The van der Waals surface area contributed by atoms with Crippen LogP contribution in [0.15, 0.2) is 53.7 Å². The number of thioether (sulfide) groups is 1. The smallest absolute Gasteiger partial charge is 0.230 e. The van der Waals surface area contributed by atoms with Crippen molar-refractivity contribution in [2.45, 2.75) is 25.9 Å². The first-order valence-electron chi connectivity index (χ1n) is 9.11. The number of aryl methyl sites for hydroxylation is 3. The summed E-state index contributed by atoms with van der Waals surface area (Å²) in [5.74, 6) is 1.82. The third-order valence-electron chi connectivity index (χ3n) is 4.17. The number of nitrogens with zero attached hydrogens (tertiary/aromatic N) is 3. The molecule has 3 aromatic rings. The Labute approximate surface area is 169 Å². The van der Waals surface area contributed by atoms with Crippen LogP contribution >= 0.6 is 11.8 Å². The largest absolute Gasteiger partial charge is 0.492 e. The van der Waals surface area contributed by atoms with E-state index in [1.165, 1.54) is 11.8 Å². The van der Waals surface area contributed by atoms with Gasteiger partial charge in [0.15, 0.2) is 5.16 Å². The first-order chi connectivity index (χ1) is 13.5. The average Bonchev–Trinajstić information content (AvgIpc) is 3.04. The minimum absolute atomic E-state index is 0.0603. The minimum Gasteiger partial charge on any atom is -0.492 e. The van der Waals surface area contributed by atoms with E-state index in [9.17, 15) is 4.79 Å². The van der Waals surface area contributed by atoms with Gasteiger partial charge in [0.1, 0.15) is 18.2 Å². The standard InChI is InChI=1S/C21H24N4O2S/c1-15-7-6-9-18(13-15)27-12-11-22-20(26)14-28-21-24-23-17(3)25(21)19-10-5-4-8-16(19)2/h4-10,13H,11-12,14H2,1-3H3,(H,22,26). The minimum atomic E-state index is -0.0603. The molecule has 0 aliphatic carbocycles. The molecule has 6 nitrogen and oxygen atoms in total. The van der Waals surface area contributed by atoms with Gasteiger partial charge in [-0.1, -0.05) is 42.1 Å². The second kappa shape index (κ2) is 9.41. The molecule has 7 heteroatoms. The number of amides is 1. The van der Waals surface area contributed by atoms with Gasteiger partial charge in [-0.15, -0.1) is 10.2 Å². The quantitative estimate of drug-likeness (QED) is 0.466. The molecule has 1 heterocycles. The van der Waals surface area contributed by atoms with Crippen LogP contribution in [0.5, 0.6) is 5.75 Å². The summed E-state index contributed by atoms with van der Waals surface area (Å²) in [6.07, 6.45) is 0. The number of rotatable bonds is 8. The summed E-state index contributed by atoms with van der Waals surface area (Å²) in [5.41, 5.74) is 3.30. The summed E-state index contributed by atoms with van der Waals surface area (Å²) in [6.45, 7) is 6.86. The highest BCUT2D eigenvalue weighted by molar-refractivity contribution is 7.99. The number of aromatic nitrogens is 3. The van der Waals surface area contributed by atoms with Crippen LogP contribution in [0.4, 0.5) is 0 Å². The Balaban J connectivity index is 1.49. The number of hydrogen-bond donors (Lipinski definition) is 1. The summed E-state index contributed by atoms with van der Waals surface area (Å²) in [7, 11) is 0. The van der Waals surface area contributed by atoms with Gasteiger partial charge in [-0.05, 0) is 50.1 Å². The van der Waals surface area contributed by atoms with Gasteiger partial charge in [-0.25, -0.2) is 0 Å². The zero-order valence-electron chi connectivity index (χ0n) is 16.3. The van der Waals surface area contributed by atoms with Crippen molar-refractivity contribution in [2.24, 2.45) is 0 Å². The van der Waals surface area contributed by atoms with Gasteiger partial charge in [0.2, 0.25) is 5.91 Å².